The molecule has 0 bridgehead atoms. The van der Waals surface area contributed by atoms with Crippen LogP contribution in [0.3, 0.4) is 0 Å². The van der Waals surface area contributed by atoms with Gasteiger partial charge in [-0.15, -0.1) is 0 Å². The van der Waals surface area contributed by atoms with Gasteiger partial charge in [-0.1, -0.05) is 17.7 Å². The van der Waals surface area contributed by atoms with Crippen LogP contribution in [0.15, 0.2) is 48.5 Å². The number of anilines is 1. The number of amides is 2. The zero-order valence-corrected chi connectivity index (χ0v) is 12.8. The first-order valence-electron chi connectivity index (χ1n) is 7.46. The Bertz CT molecular complexity index is 743. The summed E-state index contributed by atoms with van der Waals surface area (Å²) < 4.78 is 13.0. The standard InChI is InChI=1S/C18H17FN2O2/c1-12-3-2-4-13(9-12)18(23)20-15-10-17(22)21(11-15)16-7-5-14(19)6-8-16/h2-9,15H,10-11H2,1H3,(H,20,23). The normalized spacial score (nSPS) is 17.4. The van der Waals surface area contributed by atoms with E-state index >= 15 is 0 Å². The average Bonchev–Trinajstić information content (AvgIpc) is 2.88. The summed E-state index contributed by atoms with van der Waals surface area (Å²) in [5.74, 6) is -0.608. The summed E-state index contributed by atoms with van der Waals surface area (Å²) in [4.78, 5) is 25.9. The van der Waals surface area contributed by atoms with E-state index < -0.39 is 0 Å². The van der Waals surface area contributed by atoms with Gasteiger partial charge in [0.15, 0.2) is 0 Å². The van der Waals surface area contributed by atoms with E-state index in [2.05, 4.69) is 5.32 Å². The largest absolute Gasteiger partial charge is 0.347 e. The molecule has 23 heavy (non-hydrogen) atoms. The zero-order chi connectivity index (χ0) is 16.4. The Hall–Kier alpha value is -2.69. The average molecular weight is 312 g/mol. The molecule has 118 valence electrons. The van der Waals surface area contributed by atoms with Crippen LogP contribution in [0.1, 0.15) is 22.3 Å². The van der Waals surface area contributed by atoms with Gasteiger partial charge < -0.3 is 10.2 Å². The lowest BCUT2D eigenvalue weighted by molar-refractivity contribution is -0.117. The Kier molecular flexibility index (Phi) is 4.10. The fourth-order valence-corrected chi connectivity index (χ4v) is 2.73. The molecule has 2 aromatic carbocycles. The molecular weight excluding hydrogens is 295 g/mol. The van der Waals surface area contributed by atoms with E-state index in [9.17, 15) is 14.0 Å². The number of rotatable bonds is 3. The van der Waals surface area contributed by atoms with E-state index in [1.807, 2.05) is 25.1 Å². The second-order valence-corrected chi connectivity index (χ2v) is 5.72. The molecule has 0 aromatic heterocycles. The van der Waals surface area contributed by atoms with Crippen LogP contribution in [0, 0.1) is 12.7 Å². The first-order valence-corrected chi connectivity index (χ1v) is 7.46. The summed E-state index contributed by atoms with van der Waals surface area (Å²) in [6.45, 7) is 2.31. The van der Waals surface area contributed by atoms with Crippen LogP contribution < -0.4 is 10.2 Å². The molecule has 1 atom stereocenters. The number of carbonyl (C=O) groups excluding carboxylic acids is 2. The summed E-state index contributed by atoms with van der Waals surface area (Å²) in [6.07, 6.45) is 0.245. The molecule has 1 saturated heterocycles. The van der Waals surface area contributed by atoms with Gasteiger partial charge in [-0.3, -0.25) is 9.59 Å². The van der Waals surface area contributed by atoms with Crippen LogP contribution >= 0.6 is 0 Å². The van der Waals surface area contributed by atoms with Crippen molar-refractivity contribution in [1.29, 1.82) is 0 Å². The van der Waals surface area contributed by atoms with Gasteiger partial charge >= 0.3 is 0 Å². The minimum absolute atomic E-state index is 0.0776. The number of hydrogen-bond acceptors (Lipinski definition) is 2. The third kappa shape index (κ3) is 3.39. The summed E-state index contributed by atoms with van der Waals surface area (Å²) in [5.41, 5.74) is 2.23. The number of nitrogens with zero attached hydrogens (tertiary/aromatic N) is 1. The van der Waals surface area contributed by atoms with Gasteiger partial charge in [0.2, 0.25) is 5.91 Å². The van der Waals surface area contributed by atoms with Crippen molar-refractivity contribution in [1.82, 2.24) is 5.32 Å². The highest BCUT2D eigenvalue weighted by Crippen LogP contribution is 2.22. The first-order chi connectivity index (χ1) is 11.0. The minimum Gasteiger partial charge on any atom is -0.347 e. The van der Waals surface area contributed by atoms with Crippen LogP contribution in [0.25, 0.3) is 0 Å². The predicted molar refractivity (Wildman–Crippen MR) is 85.8 cm³/mol. The molecule has 2 aromatic rings. The van der Waals surface area contributed by atoms with Crippen molar-refractivity contribution < 1.29 is 14.0 Å². The Morgan fingerprint density at radius 2 is 1.96 bits per heavy atom. The molecule has 1 aliphatic heterocycles. The quantitative estimate of drug-likeness (QED) is 0.947. The van der Waals surface area contributed by atoms with E-state index in [4.69, 9.17) is 0 Å². The van der Waals surface area contributed by atoms with Gasteiger partial charge in [-0.2, -0.15) is 0 Å². The SMILES string of the molecule is Cc1cccc(C(=O)NC2CC(=O)N(c3ccc(F)cc3)C2)c1. The molecular formula is C18H17FN2O2. The summed E-state index contributed by atoms with van der Waals surface area (Å²) in [6, 6.07) is 12.8. The number of hydrogen-bond donors (Lipinski definition) is 1. The fourth-order valence-electron chi connectivity index (χ4n) is 2.73. The van der Waals surface area contributed by atoms with Gasteiger partial charge in [0.1, 0.15) is 5.82 Å². The molecule has 0 aliphatic carbocycles. The summed E-state index contributed by atoms with van der Waals surface area (Å²) >= 11 is 0. The van der Waals surface area contributed by atoms with Gasteiger partial charge in [-0.25, -0.2) is 4.39 Å². The van der Waals surface area contributed by atoms with E-state index in [0.717, 1.165) is 5.56 Å². The Labute approximate surface area is 133 Å². The number of nitrogens with one attached hydrogen (secondary N) is 1. The minimum atomic E-state index is -0.343. The third-order valence-electron chi connectivity index (χ3n) is 3.88. The second kappa shape index (κ2) is 6.20. The van der Waals surface area contributed by atoms with Gasteiger partial charge in [0.05, 0.1) is 6.04 Å². The molecule has 1 aliphatic rings. The van der Waals surface area contributed by atoms with Crippen molar-refractivity contribution in [2.24, 2.45) is 0 Å². The maximum absolute atomic E-state index is 13.0. The van der Waals surface area contributed by atoms with Crippen LogP contribution in [-0.4, -0.2) is 24.4 Å². The smallest absolute Gasteiger partial charge is 0.251 e. The van der Waals surface area contributed by atoms with Crippen molar-refractivity contribution in [2.45, 2.75) is 19.4 Å². The maximum Gasteiger partial charge on any atom is 0.251 e. The highest BCUT2D eigenvalue weighted by Gasteiger charge is 2.31. The molecule has 1 heterocycles. The first kappa shape index (κ1) is 15.2. The van der Waals surface area contributed by atoms with Gasteiger partial charge in [0.25, 0.3) is 5.91 Å². The highest BCUT2D eigenvalue weighted by molar-refractivity contribution is 5.99. The number of benzene rings is 2. The molecule has 0 spiro atoms. The van der Waals surface area contributed by atoms with Crippen LogP contribution in [0.4, 0.5) is 10.1 Å². The lowest BCUT2D eigenvalue weighted by Gasteiger charge is -2.17. The summed E-state index contributed by atoms with van der Waals surface area (Å²) in [7, 11) is 0. The van der Waals surface area contributed by atoms with E-state index in [1.165, 1.54) is 12.1 Å². The Morgan fingerprint density at radius 1 is 1.22 bits per heavy atom. The molecule has 0 radical (unpaired) electrons. The van der Waals surface area contributed by atoms with E-state index in [1.54, 1.807) is 23.1 Å². The van der Waals surface area contributed by atoms with Crippen molar-refractivity contribution in [3.63, 3.8) is 0 Å². The molecule has 5 heteroatoms. The van der Waals surface area contributed by atoms with Crippen LogP contribution in [0.2, 0.25) is 0 Å². The lowest BCUT2D eigenvalue weighted by Crippen LogP contribution is -2.37. The fraction of sp³-hybridized carbons (Fsp3) is 0.222. The van der Waals surface area contributed by atoms with Crippen molar-refractivity contribution in [2.75, 3.05) is 11.4 Å². The molecule has 1 unspecified atom stereocenters. The van der Waals surface area contributed by atoms with E-state index in [-0.39, 0.29) is 30.1 Å². The van der Waals surface area contributed by atoms with Gasteiger partial charge in [0, 0.05) is 24.2 Å². The topological polar surface area (TPSA) is 49.4 Å². The number of aryl methyl sites for hydroxylation is 1. The zero-order valence-electron chi connectivity index (χ0n) is 12.8. The molecule has 4 nitrogen and oxygen atoms in total. The summed E-state index contributed by atoms with van der Waals surface area (Å²) in [5, 5.41) is 2.89. The lowest BCUT2D eigenvalue weighted by atomic mass is 10.1. The van der Waals surface area contributed by atoms with Crippen LogP contribution in [0.5, 0.6) is 0 Å². The van der Waals surface area contributed by atoms with E-state index in [0.29, 0.717) is 17.8 Å². The molecule has 0 saturated carbocycles. The highest BCUT2D eigenvalue weighted by atomic mass is 19.1. The molecule has 2 amide bonds. The predicted octanol–water partition coefficient (Wildman–Crippen LogP) is 2.67. The number of halogens is 1. The molecule has 1 fully saturated rings. The second-order valence-electron chi connectivity index (χ2n) is 5.72. The Morgan fingerprint density at radius 3 is 2.65 bits per heavy atom. The number of carbonyl (C=O) groups is 2. The molecule has 3 rings (SSSR count). The van der Waals surface area contributed by atoms with Crippen molar-refractivity contribution >= 4 is 17.5 Å². The Balaban J connectivity index is 1.68. The third-order valence-corrected chi connectivity index (χ3v) is 3.88. The monoisotopic (exact) mass is 312 g/mol. The van der Waals surface area contributed by atoms with Gasteiger partial charge in [-0.05, 0) is 43.3 Å². The van der Waals surface area contributed by atoms with Crippen molar-refractivity contribution in [3.05, 3.63) is 65.5 Å². The van der Waals surface area contributed by atoms with Crippen molar-refractivity contribution in [3.8, 4) is 0 Å². The van der Waals surface area contributed by atoms with Crippen LogP contribution in [-0.2, 0) is 4.79 Å². The molecule has 1 N–H and O–H groups in total. The maximum atomic E-state index is 13.0.